The first-order chi connectivity index (χ1) is 15.4. The van der Waals surface area contributed by atoms with Crippen molar-refractivity contribution in [3.63, 3.8) is 0 Å². The van der Waals surface area contributed by atoms with E-state index in [9.17, 15) is 21.6 Å². The van der Waals surface area contributed by atoms with Crippen molar-refractivity contribution in [2.24, 2.45) is 5.14 Å². The van der Waals surface area contributed by atoms with Gasteiger partial charge in [-0.05, 0) is 54.8 Å². The molecule has 2 heterocycles. The molecule has 0 aliphatic rings. The molecule has 0 amide bonds. The Labute approximate surface area is 191 Å². The van der Waals surface area contributed by atoms with Crippen LogP contribution in [0.1, 0.15) is 22.5 Å². The number of primary sulfonamides is 1. The number of nitrogens with two attached hydrogens (primary N) is 1. The summed E-state index contributed by atoms with van der Waals surface area (Å²) in [6, 6.07) is 12.6. The lowest BCUT2D eigenvalue weighted by Gasteiger charge is -2.11. The van der Waals surface area contributed by atoms with Gasteiger partial charge in [0.2, 0.25) is 10.0 Å². The van der Waals surface area contributed by atoms with Gasteiger partial charge in [0.1, 0.15) is 5.69 Å². The fourth-order valence-corrected chi connectivity index (χ4v) is 3.75. The van der Waals surface area contributed by atoms with E-state index in [0.29, 0.717) is 26.2 Å². The van der Waals surface area contributed by atoms with Crippen molar-refractivity contribution in [2.75, 3.05) is 0 Å². The molecule has 0 spiro atoms. The lowest BCUT2D eigenvalue weighted by atomic mass is 10.1. The molecule has 2 aromatic carbocycles. The molecule has 0 fully saturated rings. The van der Waals surface area contributed by atoms with Crippen LogP contribution in [-0.2, 0) is 16.2 Å². The zero-order chi connectivity index (χ0) is 24.0. The van der Waals surface area contributed by atoms with Crippen LogP contribution in [0.2, 0.25) is 5.02 Å². The Morgan fingerprint density at radius 3 is 2.48 bits per heavy atom. The lowest BCUT2D eigenvalue weighted by molar-refractivity contribution is -0.142. The number of aromatic nitrogens is 3. The molecule has 4 rings (SSSR count). The standard InChI is InChI=1S/C22H14ClF3N4O2S/c1-13-9-15(6-8-18(13)23)19-12-20(22(24,25)26)30-21(28-19)11-16(29-30)7-5-14-3-2-4-17(10-14)33(27,31)32/h2-4,6,8-12H,1H3,(H2,27,31,32). The molecule has 0 unspecified atom stereocenters. The van der Waals surface area contributed by atoms with Gasteiger partial charge < -0.3 is 0 Å². The summed E-state index contributed by atoms with van der Waals surface area (Å²) in [5.74, 6) is 5.32. The van der Waals surface area contributed by atoms with Gasteiger partial charge >= 0.3 is 6.18 Å². The summed E-state index contributed by atoms with van der Waals surface area (Å²) in [6.45, 7) is 1.74. The second-order valence-corrected chi connectivity index (χ2v) is 9.08. The number of sulfonamides is 1. The van der Waals surface area contributed by atoms with E-state index in [-0.39, 0.29) is 21.9 Å². The molecule has 6 nitrogen and oxygen atoms in total. The van der Waals surface area contributed by atoms with Gasteiger partial charge in [-0.25, -0.2) is 23.1 Å². The Morgan fingerprint density at radius 1 is 1.06 bits per heavy atom. The molecular weight excluding hydrogens is 477 g/mol. The fraction of sp³-hybridized carbons (Fsp3) is 0.0909. The van der Waals surface area contributed by atoms with Crippen LogP contribution in [0.5, 0.6) is 0 Å². The van der Waals surface area contributed by atoms with Crippen molar-refractivity contribution in [1.29, 1.82) is 0 Å². The van der Waals surface area contributed by atoms with Crippen molar-refractivity contribution >= 4 is 27.3 Å². The molecule has 0 bridgehead atoms. The van der Waals surface area contributed by atoms with Gasteiger partial charge in [0.15, 0.2) is 11.3 Å². The average molecular weight is 491 g/mol. The van der Waals surface area contributed by atoms with Crippen molar-refractivity contribution in [2.45, 2.75) is 18.0 Å². The molecule has 2 aromatic heterocycles. The second-order valence-electron chi connectivity index (χ2n) is 7.11. The first-order valence-electron chi connectivity index (χ1n) is 9.31. The zero-order valence-corrected chi connectivity index (χ0v) is 18.4. The van der Waals surface area contributed by atoms with E-state index >= 15 is 0 Å². The highest BCUT2D eigenvalue weighted by atomic mass is 35.5. The summed E-state index contributed by atoms with van der Waals surface area (Å²) in [5.41, 5.74) is 0.548. The largest absolute Gasteiger partial charge is 0.433 e. The van der Waals surface area contributed by atoms with Crippen molar-refractivity contribution < 1.29 is 21.6 Å². The van der Waals surface area contributed by atoms with Crippen molar-refractivity contribution in [3.05, 3.63) is 82.1 Å². The summed E-state index contributed by atoms with van der Waals surface area (Å²) >= 11 is 6.02. The number of fused-ring (bicyclic) bond motifs is 1. The molecule has 33 heavy (non-hydrogen) atoms. The monoisotopic (exact) mass is 490 g/mol. The first kappa shape index (κ1) is 22.8. The Kier molecular flexibility index (Phi) is 5.66. The normalized spacial score (nSPS) is 11.9. The van der Waals surface area contributed by atoms with Gasteiger partial charge in [0.25, 0.3) is 0 Å². The van der Waals surface area contributed by atoms with E-state index in [1.165, 1.54) is 30.3 Å². The second kappa shape index (κ2) is 8.19. The van der Waals surface area contributed by atoms with Crippen LogP contribution in [0.3, 0.4) is 0 Å². The number of halogens is 4. The number of nitrogens with zero attached hydrogens (tertiary/aromatic N) is 3. The third-order valence-electron chi connectivity index (χ3n) is 4.67. The summed E-state index contributed by atoms with van der Waals surface area (Å²) in [6.07, 6.45) is -4.70. The number of rotatable bonds is 2. The van der Waals surface area contributed by atoms with Gasteiger partial charge in [-0.15, -0.1) is 0 Å². The van der Waals surface area contributed by atoms with Gasteiger partial charge in [0, 0.05) is 22.2 Å². The van der Waals surface area contributed by atoms with E-state index < -0.39 is 21.9 Å². The van der Waals surface area contributed by atoms with Crippen LogP contribution in [0.4, 0.5) is 13.2 Å². The van der Waals surface area contributed by atoms with Gasteiger partial charge in [-0.2, -0.15) is 18.3 Å². The number of aryl methyl sites for hydroxylation is 1. The van der Waals surface area contributed by atoms with Gasteiger partial charge in [-0.3, -0.25) is 0 Å². The number of alkyl halides is 3. The predicted molar refractivity (Wildman–Crippen MR) is 117 cm³/mol. The Bertz CT molecular complexity index is 1570. The first-order valence-corrected chi connectivity index (χ1v) is 11.2. The SMILES string of the molecule is Cc1cc(-c2cc(C(F)(F)F)n3nc(C#Cc4cccc(S(N)(=O)=O)c4)cc3n2)ccc1Cl. The maximum atomic E-state index is 13.8. The highest BCUT2D eigenvalue weighted by Crippen LogP contribution is 2.33. The minimum absolute atomic E-state index is 0.0263. The highest BCUT2D eigenvalue weighted by Gasteiger charge is 2.35. The maximum absolute atomic E-state index is 13.8. The molecule has 4 aromatic rings. The summed E-state index contributed by atoms with van der Waals surface area (Å²) in [5, 5.41) is 9.53. The van der Waals surface area contributed by atoms with Crippen molar-refractivity contribution in [1.82, 2.24) is 14.6 Å². The molecule has 2 N–H and O–H groups in total. The molecule has 0 atom stereocenters. The maximum Gasteiger partial charge on any atom is 0.433 e. The highest BCUT2D eigenvalue weighted by molar-refractivity contribution is 7.89. The molecule has 11 heteroatoms. The van der Waals surface area contributed by atoms with Gasteiger partial charge in [0.05, 0.1) is 10.6 Å². The Hall–Kier alpha value is -3.39. The molecule has 0 radical (unpaired) electrons. The van der Waals surface area contributed by atoms with Crippen LogP contribution < -0.4 is 5.14 Å². The van der Waals surface area contributed by atoms with Crippen LogP contribution in [0.15, 0.2) is 59.5 Å². The fourth-order valence-electron chi connectivity index (χ4n) is 3.08. The van der Waals surface area contributed by atoms with E-state index in [1.807, 2.05) is 0 Å². The Balaban J connectivity index is 1.82. The molecule has 0 aliphatic heterocycles. The molecular formula is C22H14ClF3N4O2S. The minimum Gasteiger partial charge on any atom is -0.228 e. The van der Waals surface area contributed by atoms with E-state index in [4.69, 9.17) is 16.7 Å². The summed E-state index contributed by atoms with van der Waals surface area (Å²) in [7, 11) is -3.92. The van der Waals surface area contributed by atoms with E-state index in [2.05, 4.69) is 21.9 Å². The zero-order valence-electron chi connectivity index (χ0n) is 16.9. The van der Waals surface area contributed by atoms with Gasteiger partial charge in [-0.1, -0.05) is 29.7 Å². The molecule has 0 saturated carbocycles. The molecule has 0 saturated heterocycles. The third-order valence-corrected chi connectivity index (χ3v) is 6.00. The average Bonchev–Trinajstić information content (AvgIpc) is 3.15. The van der Waals surface area contributed by atoms with Crippen molar-refractivity contribution in [3.8, 4) is 23.1 Å². The smallest absolute Gasteiger partial charge is 0.228 e. The third kappa shape index (κ3) is 4.85. The quantitative estimate of drug-likeness (QED) is 0.421. The Morgan fingerprint density at radius 2 is 1.82 bits per heavy atom. The van der Waals surface area contributed by atoms with Crippen LogP contribution in [0.25, 0.3) is 16.9 Å². The molecule has 0 aliphatic carbocycles. The van der Waals surface area contributed by atoms with E-state index in [0.717, 1.165) is 6.07 Å². The lowest BCUT2D eigenvalue weighted by Crippen LogP contribution is -2.13. The van der Waals surface area contributed by atoms with E-state index in [1.54, 1.807) is 25.1 Å². The van der Waals surface area contributed by atoms with Crippen LogP contribution >= 0.6 is 11.6 Å². The predicted octanol–water partition coefficient (Wildman–Crippen LogP) is 4.42. The summed E-state index contributed by atoms with van der Waals surface area (Å²) in [4.78, 5) is 4.17. The van der Waals surface area contributed by atoms with Crippen LogP contribution in [-0.4, -0.2) is 23.0 Å². The summed E-state index contributed by atoms with van der Waals surface area (Å²) < 4.78 is 64.9. The number of hydrogen-bond donors (Lipinski definition) is 1. The number of benzene rings is 2. The van der Waals surface area contributed by atoms with Crippen LogP contribution in [0, 0.1) is 18.8 Å². The topological polar surface area (TPSA) is 90.4 Å². The molecule has 168 valence electrons. The number of hydrogen-bond acceptors (Lipinski definition) is 4. The minimum atomic E-state index is -4.70.